The lowest BCUT2D eigenvalue weighted by Crippen LogP contribution is -1.82. The molecule has 0 N–H and O–H groups in total. The lowest BCUT2D eigenvalue weighted by Gasteiger charge is -1.99. The van der Waals surface area contributed by atoms with Gasteiger partial charge in [0.1, 0.15) is 0 Å². The van der Waals surface area contributed by atoms with Crippen LogP contribution in [-0.4, -0.2) is 6.21 Å². The van der Waals surface area contributed by atoms with E-state index in [-0.39, 0.29) is 0 Å². The van der Waals surface area contributed by atoms with E-state index in [9.17, 15) is 0 Å². The molecule has 0 amide bonds. The van der Waals surface area contributed by atoms with Crippen LogP contribution in [0.25, 0.3) is 0 Å². The van der Waals surface area contributed by atoms with Crippen LogP contribution in [0, 0.1) is 0 Å². The number of nitrogens with zero attached hydrogens (tertiary/aromatic N) is 1. The van der Waals surface area contributed by atoms with E-state index < -0.39 is 0 Å². The monoisotopic (exact) mass is 135 g/mol. The zero-order chi connectivity index (χ0) is 7.40. The fourth-order valence-electron chi connectivity index (χ4n) is 0.927. The van der Waals surface area contributed by atoms with Crippen molar-refractivity contribution < 1.29 is 0 Å². The van der Waals surface area contributed by atoms with E-state index in [0.717, 1.165) is 12.1 Å². The summed E-state index contributed by atoms with van der Waals surface area (Å²) in [6.45, 7) is 4.17. The van der Waals surface area contributed by atoms with Gasteiger partial charge in [0.05, 0.1) is 0 Å². The molecule has 0 fully saturated rings. The van der Waals surface area contributed by atoms with E-state index in [0.29, 0.717) is 0 Å². The summed E-state index contributed by atoms with van der Waals surface area (Å²) < 4.78 is 0. The van der Waals surface area contributed by atoms with Gasteiger partial charge in [-0.2, -0.15) is 0 Å². The standard InChI is InChI=1S/C9H13N/c1-8-4-3-5-9(2)10-7-6-8/h5-7H,3-4H2,1-2H3/b8-6-,9-5-,10-7+. The van der Waals surface area contributed by atoms with Crippen LogP contribution >= 0.6 is 0 Å². The molecule has 1 heteroatoms. The van der Waals surface area contributed by atoms with Crippen molar-refractivity contribution in [1.29, 1.82) is 0 Å². The molecule has 0 spiro atoms. The summed E-state index contributed by atoms with van der Waals surface area (Å²) in [5, 5.41) is 0. The molecule has 10 heavy (non-hydrogen) atoms. The number of allylic oxidation sites excluding steroid dienone is 4. The Morgan fingerprint density at radius 2 is 2.20 bits per heavy atom. The average molecular weight is 135 g/mol. The Labute approximate surface area is 62.2 Å². The molecule has 0 aliphatic carbocycles. The highest BCUT2D eigenvalue weighted by Gasteiger charge is 1.90. The molecular weight excluding hydrogens is 122 g/mol. The predicted octanol–water partition coefficient (Wildman–Crippen LogP) is 2.70. The molecule has 0 aromatic rings. The molecular formula is C9H13N. The Balaban J connectivity index is 2.70. The van der Waals surface area contributed by atoms with Crippen LogP contribution in [0.1, 0.15) is 26.7 Å². The minimum Gasteiger partial charge on any atom is -0.262 e. The Bertz CT molecular complexity index is 197. The van der Waals surface area contributed by atoms with Crippen LogP contribution in [0.2, 0.25) is 0 Å². The fraction of sp³-hybridized carbons (Fsp3) is 0.444. The van der Waals surface area contributed by atoms with E-state index in [1.54, 1.807) is 0 Å². The van der Waals surface area contributed by atoms with E-state index in [1.165, 1.54) is 12.0 Å². The highest BCUT2D eigenvalue weighted by molar-refractivity contribution is 5.73. The zero-order valence-corrected chi connectivity index (χ0v) is 6.59. The van der Waals surface area contributed by atoms with Crippen molar-refractivity contribution in [3.05, 3.63) is 23.4 Å². The number of aliphatic imine (C=N–C) groups is 1. The van der Waals surface area contributed by atoms with Gasteiger partial charge in [-0.15, -0.1) is 0 Å². The first-order chi connectivity index (χ1) is 4.79. The van der Waals surface area contributed by atoms with Gasteiger partial charge in [-0.1, -0.05) is 11.6 Å². The van der Waals surface area contributed by atoms with Crippen molar-refractivity contribution in [3.8, 4) is 0 Å². The molecule has 1 aliphatic heterocycles. The van der Waals surface area contributed by atoms with Gasteiger partial charge in [0.15, 0.2) is 0 Å². The second-order valence-electron chi connectivity index (χ2n) is 2.68. The van der Waals surface area contributed by atoms with Crippen molar-refractivity contribution >= 4 is 6.21 Å². The summed E-state index contributed by atoms with van der Waals surface area (Å²) in [7, 11) is 0. The van der Waals surface area contributed by atoms with Gasteiger partial charge in [-0.05, 0) is 32.8 Å². The van der Waals surface area contributed by atoms with Crippen LogP contribution in [0.5, 0.6) is 0 Å². The molecule has 0 aromatic heterocycles. The third-order valence-electron chi connectivity index (χ3n) is 1.62. The minimum absolute atomic E-state index is 1.13. The van der Waals surface area contributed by atoms with Crippen LogP contribution in [-0.2, 0) is 0 Å². The largest absolute Gasteiger partial charge is 0.262 e. The fourth-order valence-corrected chi connectivity index (χ4v) is 0.927. The molecule has 1 aliphatic rings. The van der Waals surface area contributed by atoms with Gasteiger partial charge >= 0.3 is 0 Å². The van der Waals surface area contributed by atoms with Gasteiger partial charge in [0.2, 0.25) is 0 Å². The minimum atomic E-state index is 1.13. The summed E-state index contributed by atoms with van der Waals surface area (Å²) in [6, 6.07) is 0. The first kappa shape index (κ1) is 7.26. The van der Waals surface area contributed by atoms with Crippen molar-refractivity contribution in [1.82, 2.24) is 0 Å². The lowest BCUT2D eigenvalue weighted by atomic mass is 10.1. The molecule has 0 atom stereocenters. The summed E-state index contributed by atoms with van der Waals surface area (Å²) >= 11 is 0. The molecule has 0 bridgehead atoms. The van der Waals surface area contributed by atoms with Crippen LogP contribution < -0.4 is 0 Å². The van der Waals surface area contributed by atoms with Crippen LogP contribution in [0.4, 0.5) is 0 Å². The maximum Gasteiger partial charge on any atom is 0.0332 e. The van der Waals surface area contributed by atoms with E-state index >= 15 is 0 Å². The first-order valence-corrected chi connectivity index (χ1v) is 3.65. The zero-order valence-electron chi connectivity index (χ0n) is 6.59. The van der Waals surface area contributed by atoms with Gasteiger partial charge in [0, 0.05) is 11.9 Å². The topological polar surface area (TPSA) is 12.4 Å². The van der Waals surface area contributed by atoms with Crippen LogP contribution in [0.3, 0.4) is 0 Å². The Kier molecular flexibility index (Phi) is 2.43. The van der Waals surface area contributed by atoms with E-state index in [1.807, 2.05) is 13.1 Å². The highest BCUT2D eigenvalue weighted by atomic mass is 14.7. The lowest BCUT2D eigenvalue weighted by molar-refractivity contribution is 0.962. The molecule has 0 aromatic carbocycles. The smallest absolute Gasteiger partial charge is 0.0332 e. The molecule has 0 radical (unpaired) electrons. The number of rotatable bonds is 0. The van der Waals surface area contributed by atoms with E-state index in [2.05, 4.69) is 24.1 Å². The number of hydrogen-bond acceptors (Lipinski definition) is 1. The second kappa shape index (κ2) is 3.35. The number of hydrogen-bond donors (Lipinski definition) is 0. The molecule has 0 saturated carbocycles. The predicted molar refractivity (Wildman–Crippen MR) is 45.2 cm³/mol. The summed E-state index contributed by atoms with van der Waals surface area (Å²) in [4.78, 5) is 4.19. The quantitative estimate of drug-likeness (QED) is 0.484. The first-order valence-electron chi connectivity index (χ1n) is 3.65. The third-order valence-corrected chi connectivity index (χ3v) is 1.62. The van der Waals surface area contributed by atoms with Gasteiger partial charge in [-0.25, -0.2) is 0 Å². The van der Waals surface area contributed by atoms with Crippen molar-refractivity contribution in [2.45, 2.75) is 26.7 Å². The average Bonchev–Trinajstić information content (AvgIpc) is 1.84. The van der Waals surface area contributed by atoms with Gasteiger partial charge < -0.3 is 0 Å². The van der Waals surface area contributed by atoms with Gasteiger partial charge in [-0.3, -0.25) is 4.99 Å². The van der Waals surface area contributed by atoms with Crippen molar-refractivity contribution in [2.24, 2.45) is 4.99 Å². The Hall–Kier alpha value is -0.850. The van der Waals surface area contributed by atoms with Gasteiger partial charge in [0.25, 0.3) is 0 Å². The third kappa shape index (κ3) is 2.18. The molecule has 0 saturated heterocycles. The maximum atomic E-state index is 4.19. The molecule has 0 unspecified atom stereocenters. The SMILES string of the molecule is C/C1=C/C=N/C(C)=C\CC1. The van der Waals surface area contributed by atoms with E-state index in [4.69, 9.17) is 0 Å². The van der Waals surface area contributed by atoms with Crippen LogP contribution in [0.15, 0.2) is 28.4 Å². The summed E-state index contributed by atoms with van der Waals surface area (Å²) in [5.74, 6) is 0. The normalized spacial score (nSPS) is 32.6. The molecule has 1 heterocycles. The Morgan fingerprint density at radius 3 is 3.00 bits per heavy atom. The Morgan fingerprint density at radius 1 is 1.40 bits per heavy atom. The van der Waals surface area contributed by atoms with Crippen molar-refractivity contribution in [2.75, 3.05) is 0 Å². The second-order valence-corrected chi connectivity index (χ2v) is 2.68. The molecule has 1 rings (SSSR count). The maximum absolute atomic E-state index is 4.19. The van der Waals surface area contributed by atoms with Crippen molar-refractivity contribution in [3.63, 3.8) is 0 Å². The summed E-state index contributed by atoms with van der Waals surface area (Å²) in [5.41, 5.74) is 2.54. The molecule has 1 nitrogen and oxygen atoms in total. The summed E-state index contributed by atoms with van der Waals surface area (Å²) in [6.07, 6.45) is 8.43. The molecule has 54 valence electrons. The highest BCUT2D eigenvalue weighted by Crippen LogP contribution is 2.08.